The van der Waals surface area contributed by atoms with Gasteiger partial charge in [0.05, 0.1) is 0 Å². The minimum Gasteiger partial charge on any atom is -0.396 e. The summed E-state index contributed by atoms with van der Waals surface area (Å²) in [6.07, 6.45) is 24.4. The fourth-order valence-corrected chi connectivity index (χ4v) is 3.19. The molecule has 20 heavy (non-hydrogen) atoms. The average Bonchev–Trinajstić information content (AvgIpc) is 2.49. The van der Waals surface area contributed by atoms with Crippen LogP contribution in [0.1, 0.15) is 103 Å². The molecule has 0 saturated heterocycles. The van der Waals surface area contributed by atoms with Crippen LogP contribution in [-0.4, -0.2) is 11.7 Å². The molecule has 1 N–H and O–H groups in total. The zero-order valence-electron chi connectivity index (χ0n) is 13.5. The summed E-state index contributed by atoms with van der Waals surface area (Å²) in [6.45, 7) is 0.372. The summed E-state index contributed by atoms with van der Waals surface area (Å²) < 4.78 is 0. The molecule has 0 radical (unpaired) electrons. The van der Waals surface area contributed by atoms with Crippen LogP contribution in [0.3, 0.4) is 0 Å². The first-order valence-corrected chi connectivity index (χ1v) is 9.22. The summed E-state index contributed by atoms with van der Waals surface area (Å²) in [5.41, 5.74) is 1.75. The van der Waals surface area contributed by atoms with Gasteiger partial charge >= 0.3 is 0 Å². The third kappa shape index (κ3) is 10.5. The van der Waals surface area contributed by atoms with E-state index in [-0.39, 0.29) is 0 Å². The molecule has 0 fully saturated rings. The number of aliphatic hydroxyl groups is 1. The number of allylic oxidation sites excluding steroid dienone is 2. The molecule has 0 aromatic carbocycles. The van der Waals surface area contributed by atoms with Gasteiger partial charge in [0.1, 0.15) is 0 Å². The first-order chi connectivity index (χ1) is 9.93. The second kappa shape index (κ2) is 13.7. The predicted octanol–water partition coefficient (Wildman–Crippen LogP) is 6.16. The van der Waals surface area contributed by atoms with Gasteiger partial charge in [0.2, 0.25) is 0 Å². The van der Waals surface area contributed by atoms with Crippen LogP contribution >= 0.6 is 0 Å². The smallest absolute Gasteiger partial charge is 0.0431 e. The van der Waals surface area contributed by atoms with E-state index in [4.69, 9.17) is 5.11 Å². The van der Waals surface area contributed by atoms with Crippen LogP contribution in [0.5, 0.6) is 0 Å². The number of unbranched alkanes of at least 4 members (excludes halogenated alkanes) is 10. The van der Waals surface area contributed by atoms with E-state index in [1.165, 1.54) is 96.3 Å². The third-order valence-electron chi connectivity index (χ3n) is 4.54. The molecule has 0 heterocycles. The number of hydrogen-bond donors (Lipinski definition) is 1. The molecule has 1 aliphatic rings. The zero-order valence-corrected chi connectivity index (χ0v) is 13.5. The van der Waals surface area contributed by atoms with Gasteiger partial charge in [-0.05, 0) is 44.9 Å². The number of rotatable bonds is 13. The highest BCUT2D eigenvalue weighted by Crippen LogP contribution is 2.22. The van der Waals surface area contributed by atoms with E-state index < -0.39 is 0 Å². The van der Waals surface area contributed by atoms with Gasteiger partial charge in [-0.25, -0.2) is 0 Å². The first-order valence-electron chi connectivity index (χ1n) is 9.22. The summed E-state index contributed by atoms with van der Waals surface area (Å²) >= 11 is 0. The largest absolute Gasteiger partial charge is 0.396 e. The van der Waals surface area contributed by atoms with E-state index in [1.807, 2.05) is 0 Å². The zero-order chi connectivity index (χ0) is 14.3. The van der Waals surface area contributed by atoms with Crippen molar-refractivity contribution in [1.29, 1.82) is 0 Å². The normalized spacial score (nSPS) is 15.3. The van der Waals surface area contributed by atoms with Gasteiger partial charge in [-0.2, -0.15) is 0 Å². The highest BCUT2D eigenvalue weighted by atomic mass is 16.2. The van der Waals surface area contributed by atoms with E-state index in [1.54, 1.807) is 5.57 Å². The molecule has 1 nitrogen and oxygen atoms in total. The highest BCUT2D eigenvalue weighted by Gasteiger charge is 2.02. The average molecular weight is 280 g/mol. The van der Waals surface area contributed by atoms with E-state index >= 15 is 0 Å². The molecule has 0 aromatic rings. The SMILES string of the molecule is OCCCCCCCCCCCCCC1=CCCCC1. The van der Waals surface area contributed by atoms with Gasteiger partial charge in [0, 0.05) is 6.61 Å². The molecule has 0 aromatic heterocycles. The lowest BCUT2D eigenvalue weighted by Crippen LogP contribution is -1.92. The van der Waals surface area contributed by atoms with Gasteiger partial charge in [0.25, 0.3) is 0 Å². The van der Waals surface area contributed by atoms with Crippen molar-refractivity contribution in [3.05, 3.63) is 11.6 Å². The van der Waals surface area contributed by atoms with Crippen molar-refractivity contribution in [3.63, 3.8) is 0 Å². The lowest BCUT2D eigenvalue weighted by Gasteiger charge is -2.12. The first kappa shape index (κ1) is 17.8. The quantitative estimate of drug-likeness (QED) is 0.316. The molecule has 0 amide bonds. The molecule has 1 rings (SSSR count). The molecule has 0 aliphatic heterocycles. The van der Waals surface area contributed by atoms with Crippen molar-refractivity contribution < 1.29 is 5.11 Å². The van der Waals surface area contributed by atoms with Crippen LogP contribution in [0.15, 0.2) is 11.6 Å². The molecule has 0 unspecified atom stereocenters. The minimum atomic E-state index is 0.372. The maximum Gasteiger partial charge on any atom is 0.0431 e. The van der Waals surface area contributed by atoms with Gasteiger partial charge in [0.15, 0.2) is 0 Å². The number of hydrogen-bond acceptors (Lipinski definition) is 1. The Bertz CT molecular complexity index is 232. The topological polar surface area (TPSA) is 20.2 Å². The minimum absolute atomic E-state index is 0.372. The third-order valence-corrected chi connectivity index (χ3v) is 4.54. The molecule has 0 atom stereocenters. The van der Waals surface area contributed by atoms with Crippen molar-refractivity contribution >= 4 is 0 Å². The Morgan fingerprint density at radius 1 is 0.700 bits per heavy atom. The molecule has 0 saturated carbocycles. The maximum absolute atomic E-state index is 8.69. The van der Waals surface area contributed by atoms with Crippen LogP contribution in [0, 0.1) is 0 Å². The molecule has 0 bridgehead atoms. The molecule has 1 heteroatoms. The van der Waals surface area contributed by atoms with Crippen molar-refractivity contribution in [2.75, 3.05) is 6.61 Å². The van der Waals surface area contributed by atoms with E-state index in [9.17, 15) is 0 Å². The van der Waals surface area contributed by atoms with Crippen LogP contribution in [0.4, 0.5) is 0 Å². The monoisotopic (exact) mass is 280 g/mol. The molecular formula is C19H36O. The van der Waals surface area contributed by atoms with Crippen LogP contribution in [0.2, 0.25) is 0 Å². The Labute approximate surface area is 126 Å². The van der Waals surface area contributed by atoms with Gasteiger partial charge in [-0.3, -0.25) is 0 Å². The summed E-state index contributed by atoms with van der Waals surface area (Å²) in [4.78, 5) is 0. The van der Waals surface area contributed by atoms with E-state index in [0.29, 0.717) is 6.61 Å². The second-order valence-corrected chi connectivity index (χ2v) is 6.47. The predicted molar refractivity (Wildman–Crippen MR) is 89.0 cm³/mol. The van der Waals surface area contributed by atoms with Crippen LogP contribution < -0.4 is 0 Å². The van der Waals surface area contributed by atoms with Gasteiger partial charge in [-0.15, -0.1) is 0 Å². The summed E-state index contributed by atoms with van der Waals surface area (Å²) in [7, 11) is 0. The van der Waals surface area contributed by atoms with Crippen molar-refractivity contribution in [3.8, 4) is 0 Å². The van der Waals surface area contributed by atoms with Crippen LogP contribution in [0.25, 0.3) is 0 Å². The second-order valence-electron chi connectivity index (χ2n) is 6.47. The lowest BCUT2D eigenvalue weighted by atomic mass is 9.95. The van der Waals surface area contributed by atoms with Crippen molar-refractivity contribution in [1.82, 2.24) is 0 Å². The van der Waals surface area contributed by atoms with Gasteiger partial charge in [-0.1, -0.05) is 69.4 Å². The molecule has 0 spiro atoms. The Morgan fingerprint density at radius 3 is 1.75 bits per heavy atom. The fourth-order valence-electron chi connectivity index (χ4n) is 3.19. The lowest BCUT2D eigenvalue weighted by molar-refractivity contribution is 0.282. The summed E-state index contributed by atoms with van der Waals surface area (Å²) in [5, 5.41) is 8.69. The molecule has 1 aliphatic carbocycles. The fraction of sp³-hybridized carbons (Fsp3) is 0.895. The van der Waals surface area contributed by atoms with E-state index in [0.717, 1.165) is 6.42 Å². The standard InChI is InChI=1S/C19H36O/c20-18-14-9-7-5-3-1-2-4-6-8-11-15-19-16-12-10-13-17-19/h16,20H,1-15,17-18H2. The van der Waals surface area contributed by atoms with Gasteiger partial charge < -0.3 is 5.11 Å². The summed E-state index contributed by atoms with van der Waals surface area (Å²) in [5.74, 6) is 0. The highest BCUT2D eigenvalue weighted by molar-refractivity contribution is 5.04. The Morgan fingerprint density at radius 2 is 1.25 bits per heavy atom. The van der Waals surface area contributed by atoms with Crippen molar-refractivity contribution in [2.24, 2.45) is 0 Å². The van der Waals surface area contributed by atoms with Crippen molar-refractivity contribution in [2.45, 2.75) is 103 Å². The van der Waals surface area contributed by atoms with E-state index in [2.05, 4.69) is 6.08 Å². The molecular weight excluding hydrogens is 244 g/mol. The maximum atomic E-state index is 8.69. The van der Waals surface area contributed by atoms with Crippen LogP contribution in [-0.2, 0) is 0 Å². The Hall–Kier alpha value is -0.300. The molecule has 118 valence electrons. The Balaban J connectivity index is 1.73. The number of aliphatic hydroxyl groups excluding tert-OH is 1. The Kier molecular flexibility index (Phi) is 12.1. The summed E-state index contributed by atoms with van der Waals surface area (Å²) in [6, 6.07) is 0.